The molecule has 0 spiro atoms. The van der Waals surface area contributed by atoms with Crippen molar-refractivity contribution in [2.45, 2.75) is 62.7 Å². The molecule has 0 N–H and O–H groups in total. The monoisotopic (exact) mass is 690 g/mol. The van der Waals surface area contributed by atoms with Gasteiger partial charge in [-0.25, -0.2) is 0 Å². The first-order chi connectivity index (χ1) is 24.4. The van der Waals surface area contributed by atoms with Crippen molar-refractivity contribution in [2.75, 3.05) is 6.61 Å². The van der Waals surface area contributed by atoms with Gasteiger partial charge in [-0.2, -0.15) is 8.42 Å². The molecule has 8 heteroatoms. The third kappa shape index (κ3) is 11.2. The van der Waals surface area contributed by atoms with Crippen LogP contribution in [0.3, 0.4) is 0 Å². The fraction of sp³-hybridized carbons (Fsp3) is 0.238. The summed E-state index contributed by atoms with van der Waals surface area (Å²) in [7, 11) is -4.16. The van der Waals surface area contributed by atoms with E-state index in [4.69, 9.17) is 29.6 Å². The Balaban J connectivity index is 1.50. The van der Waals surface area contributed by atoms with Crippen LogP contribution in [0.5, 0.6) is 0 Å². The highest BCUT2D eigenvalue weighted by Crippen LogP contribution is 2.25. The highest BCUT2D eigenvalue weighted by molar-refractivity contribution is 7.86. The van der Waals surface area contributed by atoms with Crippen LogP contribution in [0.25, 0.3) is 0 Å². The topological polar surface area (TPSA) is 80.3 Å². The van der Waals surface area contributed by atoms with Crippen LogP contribution in [-0.2, 0) is 59.7 Å². The van der Waals surface area contributed by atoms with E-state index < -0.39 is 34.5 Å². The lowest BCUT2D eigenvalue weighted by Gasteiger charge is -2.36. The lowest BCUT2D eigenvalue weighted by molar-refractivity contribution is -0.185. The number of hydrogen-bond donors (Lipinski definition) is 0. The summed E-state index contributed by atoms with van der Waals surface area (Å²) in [6, 6.07) is 45.1. The molecule has 0 amide bonds. The molecule has 0 aromatic heterocycles. The van der Waals surface area contributed by atoms with Crippen molar-refractivity contribution < 1.29 is 31.5 Å². The van der Waals surface area contributed by atoms with Gasteiger partial charge < -0.3 is 18.9 Å². The van der Waals surface area contributed by atoms with E-state index in [0.29, 0.717) is 0 Å². The van der Waals surface area contributed by atoms with Crippen LogP contribution in [0.2, 0.25) is 0 Å². The molecule has 4 atom stereocenters. The number of benzene rings is 5. The Morgan fingerprint density at radius 1 is 0.540 bits per heavy atom. The highest BCUT2D eigenvalue weighted by Gasteiger charge is 2.39. The van der Waals surface area contributed by atoms with E-state index in [0.717, 1.165) is 27.8 Å². The van der Waals surface area contributed by atoms with Gasteiger partial charge in [0.15, 0.2) is 0 Å². The standard InChI is InChI=1S/C42H42O7S/c1-3-39(45-28-34-16-8-4-9-17-34)41(47-30-36-20-12-6-13-21-36)42(48-31-37-22-14-7-15-23-37)40(46-29-35-18-10-5-11-19-35)32-49-50(43,44)38-26-24-33(2)25-27-38/h1,4-27,39-42H,28-32H2,2H3/t39-,40+,41+,42-/m0/s1. The quantitative estimate of drug-likeness (QED) is 0.0650. The third-order valence-corrected chi connectivity index (χ3v) is 9.30. The summed E-state index contributed by atoms with van der Waals surface area (Å²) in [6.45, 7) is 2.25. The normalized spacial score (nSPS) is 13.9. The molecule has 0 saturated heterocycles. The van der Waals surface area contributed by atoms with Gasteiger partial charge in [0.05, 0.1) is 37.9 Å². The zero-order valence-electron chi connectivity index (χ0n) is 28.0. The number of rotatable bonds is 19. The molecule has 0 radical (unpaired) electrons. The van der Waals surface area contributed by atoms with Gasteiger partial charge in [-0.05, 0) is 41.3 Å². The van der Waals surface area contributed by atoms with Crippen molar-refractivity contribution in [3.05, 3.63) is 173 Å². The summed E-state index contributed by atoms with van der Waals surface area (Å²) in [5, 5.41) is 0. The molecule has 0 heterocycles. The Morgan fingerprint density at radius 3 is 1.38 bits per heavy atom. The Kier molecular flexibility index (Phi) is 13.9. The first-order valence-corrected chi connectivity index (χ1v) is 17.9. The van der Waals surface area contributed by atoms with Gasteiger partial charge in [0.1, 0.15) is 24.4 Å². The molecule has 0 fully saturated rings. The summed E-state index contributed by atoms with van der Waals surface area (Å²) < 4.78 is 58.7. The number of ether oxygens (including phenoxy) is 4. The van der Waals surface area contributed by atoms with Gasteiger partial charge in [0.25, 0.3) is 10.1 Å². The fourth-order valence-corrected chi connectivity index (χ4v) is 6.16. The molecule has 0 unspecified atom stereocenters. The summed E-state index contributed by atoms with van der Waals surface area (Å²) in [5.74, 6) is 2.78. The van der Waals surface area contributed by atoms with Gasteiger partial charge in [0, 0.05) is 0 Å². The van der Waals surface area contributed by atoms with E-state index in [-0.39, 0.29) is 37.9 Å². The molecular weight excluding hydrogens is 649 g/mol. The maximum Gasteiger partial charge on any atom is 0.297 e. The van der Waals surface area contributed by atoms with E-state index in [1.165, 1.54) is 12.1 Å². The summed E-state index contributed by atoms with van der Waals surface area (Å²) in [4.78, 5) is 0.0382. The van der Waals surface area contributed by atoms with Crippen molar-refractivity contribution in [3.8, 4) is 12.3 Å². The molecule has 50 heavy (non-hydrogen) atoms. The maximum absolute atomic E-state index is 13.4. The Morgan fingerprint density at radius 2 is 0.940 bits per heavy atom. The predicted molar refractivity (Wildman–Crippen MR) is 193 cm³/mol. The summed E-state index contributed by atoms with van der Waals surface area (Å²) in [6.07, 6.45) is 2.46. The Bertz CT molecular complexity index is 1840. The van der Waals surface area contributed by atoms with Crippen LogP contribution in [0.4, 0.5) is 0 Å². The van der Waals surface area contributed by atoms with E-state index in [1.807, 2.05) is 128 Å². The van der Waals surface area contributed by atoms with Crippen LogP contribution in [0.1, 0.15) is 27.8 Å². The number of aryl methyl sites for hydroxylation is 1. The lowest BCUT2D eigenvalue weighted by Crippen LogP contribution is -2.50. The molecule has 0 saturated carbocycles. The average molecular weight is 691 g/mol. The molecule has 0 bridgehead atoms. The smallest absolute Gasteiger partial charge is 0.297 e. The van der Waals surface area contributed by atoms with Gasteiger partial charge in [-0.15, -0.1) is 6.42 Å². The van der Waals surface area contributed by atoms with Crippen LogP contribution in [-0.4, -0.2) is 39.4 Å². The van der Waals surface area contributed by atoms with E-state index in [9.17, 15) is 8.42 Å². The minimum atomic E-state index is -4.16. The van der Waals surface area contributed by atoms with Crippen LogP contribution >= 0.6 is 0 Å². The van der Waals surface area contributed by atoms with Gasteiger partial charge in [-0.3, -0.25) is 4.18 Å². The van der Waals surface area contributed by atoms with Crippen molar-refractivity contribution in [3.63, 3.8) is 0 Å². The van der Waals surface area contributed by atoms with E-state index in [1.54, 1.807) is 12.1 Å². The third-order valence-electron chi connectivity index (χ3n) is 8.00. The molecule has 7 nitrogen and oxygen atoms in total. The lowest BCUT2D eigenvalue weighted by atomic mass is 10.0. The Labute approximate surface area is 295 Å². The van der Waals surface area contributed by atoms with Gasteiger partial charge in [-0.1, -0.05) is 145 Å². The van der Waals surface area contributed by atoms with E-state index in [2.05, 4.69) is 5.92 Å². The summed E-state index contributed by atoms with van der Waals surface area (Å²) >= 11 is 0. The predicted octanol–water partition coefficient (Wildman–Crippen LogP) is 7.68. The summed E-state index contributed by atoms with van der Waals surface area (Å²) in [5.41, 5.74) is 4.56. The zero-order chi connectivity index (χ0) is 35.0. The molecule has 0 aliphatic heterocycles. The molecule has 5 aromatic carbocycles. The number of terminal acetylenes is 1. The van der Waals surface area contributed by atoms with Crippen LogP contribution in [0.15, 0.2) is 150 Å². The minimum Gasteiger partial charge on any atom is -0.368 e. The van der Waals surface area contributed by atoms with Crippen LogP contribution in [0, 0.1) is 19.3 Å². The van der Waals surface area contributed by atoms with Crippen molar-refractivity contribution in [2.24, 2.45) is 0 Å². The molecular formula is C42H42O7S. The largest absolute Gasteiger partial charge is 0.368 e. The highest BCUT2D eigenvalue weighted by atomic mass is 32.2. The van der Waals surface area contributed by atoms with Gasteiger partial charge >= 0.3 is 0 Å². The van der Waals surface area contributed by atoms with Crippen molar-refractivity contribution in [1.82, 2.24) is 0 Å². The SMILES string of the molecule is C#C[C@H](OCc1ccccc1)[C@@H](OCc1ccccc1)[C@@H](OCc1ccccc1)[C@@H](COS(=O)(=O)c1ccc(C)cc1)OCc1ccccc1. The second-order valence-electron chi connectivity index (χ2n) is 11.8. The maximum atomic E-state index is 13.4. The van der Waals surface area contributed by atoms with Crippen LogP contribution < -0.4 is 0 Å². The molecule has 0 aliphatic rings. The minimum absolute atomic E-state index is 0.0382. The van der Waals surface area contributed by atoms with E-state index >= 15 is 0 Å². The fourth-order valence-electron chi connectivity index (χ4n) is 5.24. The molecule has 5 aromatic rings. The van der Waals surface area contributed by atoms with Crippen molar-refractivity contribution >= 4 is 10.1 Å². The first kappa shape index (κ1) is 36.7. The molecule has 5 rings (SSSR count). The van der Waals surface area contributed by atoms with Crippen molar-refractivity contribution in [1.29, 1.82) is 0 Å². The Hall–Kier alpha value is -4.59. The first-order valence-electron chi connectivity index (χ1n) is 16.5. The second kappa shape index (κ2) is 19.0. The van der Waals surface area contributed by atoms with Gasteiger partial charge in [0.2, 0.25) is 0 Å². The molecule has 258 valence electrons. The average Bonchev–Trinajstić information content (AvgIpc) is 3.16. The number of hydrogen-bond acceptors (Lipinski definition) is 7. The molecule has 0 aliphatic carbocycles. The zero-order valence-corrected chi connectivity index (χ0v) is 28.9. The second-order valence-corrected chi connectivity index (χ2v) is 13.4.